The normalized spacial score (nSPS) is 22.0. The van der Waals surface area contributed by atoms with E-state index in [2.05, 4.69) is 0 Å². The first-order valence-electron chi connectivity index (χ1n) is 10.1. The van der Waals surface area contributed by atoms with Crippen molar-refractivity contribution in [2.24, 2.45) is 11.1 Å². The number of carbonyl (C=O) groups excluding carboxylic acids is 2. The standard InChI is InChI=1S/C23H29NO4/c1-3-12-23(22(24)26)13-10-16(11-14-23)21(25)17-8-9-19(27-2)20(15-17)28-18-6-4-5-7-18/h8-11,13,15,18H,3-7,12,14H2,1-2H3,(H2,24,26). The summed E-state index contributed by atoms with van der Waals surface area (Å²) >= 11 is 0. The van der Waals surface area contributed by atoms with E-state index in [9.17, 15) is 9.59 Å². The Morgan fingerprint density at radius 1 is 1.21 bits per heavy atom. The van der Waals surface area contributed by atoms with Crippen LogP contribution in [0, 0.1) is 5.41 Å². The molecule has 28 heavy (non-hydrogen) atoms. The van der Waals surface area contributed by atoms with Gasteiger partial charge in [-0.05, 0) is 56.7 Å². The van der Waals surface area contributed by atoms with E-state index < -0.39 is 5.41 Å². The fourth-order valence-corrected chi connectivity index (χ4v) is 4.05. The molecule has 5 nitrogen and oxygen atoms in total. The quantitative estimate of drug-likeness (QED) is 0.677. The number of carbonyl (C=O) groups is 2. The van der Waals surface area contributed by atoms with Gasteiger partial charge in [0.25, 0.3) is 0 Å². The molecule has 2 aliphatic rings. The van der Waals surface area contributed by atoms with Gasteiger partial charge in [-0.1, -0.05) is 31.6 Å². The Morgan fingerprint density at radius 2 is 1.96 bits per heavy atom. The maximum atomic E-state index is 13.0. The molecule has 1 amide bonds. The summed E-state index contributed by atoms with van der Waals surface area (Å²) in [6, 6.07) is 5.28. The predicted molar refractivity (Wildman–Crippen MR) is 109 cm³/mol. The summed E-state index contributed by atoms with van der Waals surface area (Å²) in [5.41, 5.74) is 6.05. The van der Waals surface area contributed by atoms with Gasteiger partial charge in [0, 0.05) is 11.1 Å². The second kappa shape index (κ2) is 8.63. The van der Waals surface area contributed by atoms with Crippen LogP contribution >= 0.6 is 0 Å². The number of amides is 1. The lowest BCUT2D eigenvalue weighted by molar-refractivity contribution is -0.125. The molecule has 0 spiro atoms. The molecule has 0 bridgehead atoms. The molecule has 2 N–H and O–H groups in total. The molecular weight excluding hydrogens is 354 g/mol. The summed E-state index contributed by atoms with van der Waals surface area (Å²) in [6.45, 7) is 2.02. The third kappa shape index (κ3) is 4.13. The highest BCUT2D eigenvalue weighted by molar-refractivity contribution is 6.11. The molecule has 1 aromatic rings. The van der Waals surface area contributed by atoms with Gasteiger partial charge in [-0.2, -0.15) is 0 Å². The smallest absolute Gasteiger partial charge is 0.227 e. The Kier molecular flexibility index (Phi) is 6.22. The van der Waals surface area contributed by atoms with Crippen LogP contribution in [0.15, 0.2) is 42.0 Å². The molecule has 3 rings (SSSR count). The highest BCUT2D eigenvalue weighted by Gasteiger charge is 2.34. The van der Waals surface area contributed by atoms with Crippen molar-refractivity contribution in [2.75, 3.05) is 7.11 Å². The summed E-state index contributed by atoms with van der Waals surface area (Å²) in [5, 5.41) is 0. The third-order valence-corrected chi connectivity index (χ3v) is 5.74. The molecule has 1 atom stereocenters. The van der Waals surface area contributed by atoms with E-state index in [1.54, 1.807) is 37.5 Å². The Labute approximate surface area is 166 Å². The number of rotatable bonds is 8. The van der Waals surface area contributed by atoms with Crippen molar-refractivity contribution in [1.82, 2.24) is 0 Å². The van der Waals surface area contributed by atoms with Crippen molar-refractivity contribution in [3.63, 3.8) is 0 Å². The maximum absolute atomic E-state index is 13.0. The van der Waals surface area contributed by atoms with E-state index in [4.69, 9.17) is 15.2 Å². The number of Topliss-reactive ketones (excluding diaryl/α,β-unsaturated/α-hetero) is 1. The van der Waals surface area contributed by atoms with Gasteiger partial charge >= 0.3 is 0 Å². The van der Waals surface area contributed by atoms with Crippen molar-refractivity contribution < 1.29 is 19.1 Å². The Hall–Kier alpha value is -2.56. The summed E-state index contributed by atoms with van der Waals surface area (Å²) in [5.74, 6) is 0.806. The lowest BCUT2D eigenvalue weighted by Gasteiger charge is -2.28. The number of methoxy groups -OCH3 is 1. The van der Waals surface area contributed by atoms with E-state index >= 15 is 0 Å². The lowest BCUT2D eigenvalue weighted by atomic mass is 9.75. The number of allylic oxidation sites excluding steroid dienone is 3. The molecule has 1 aromatic carbocycles. The molecule has 1 saturated carbocycles. The van der Waals surface area contributed by atoms with Crippen molar-refractivity contribution >= 4 is 11.7 Å². The van der Waals surface area contributed by atoms with E-state index in [1.165, 1.54) is 12.8 Å². The van der Waals surface area contributed by atoms with Crippen molar-refractivity contribution in [2.45, 2.75) is 58.0 Å². The minimum atomic E-state index is -0.685. The summed E-state index contributed by atoms with van der Waals surface area (Å²) < 4.78 is 11.5. The van der Waals surface area contributed by atoms with Crippen LogP contribution < -0.4 is 15.2 Å². The number of hydrogen-bond acceptors (Lipinski definition) is 4. The number of ether oxygens (including phenoxy) is 2. The second-order valence-corrected chi connectivity index (χ2v) is 7.69. The zero-order chi connectivity index (χ0) is 20.1. The van der Waals surface area contributed by atoms with E-state index in [0.717, 1.165) is 19.3 Å². The molecule has 0 aromatic heterocycles. The average Bonchev–Trinajstić information content (AvgIpc) is 3.21. The lowest BCUT2D eigenvalue weighted by Crippen LogP contribution is -2.36. The minimum absolute atomic E-state index is 0.0928. The van der Waals surface area contributed by atoms with Crippen molar-refractivity contribution in [1.29, 1.82) is 0 Å². The predicted octanol–water partition coefficient (Wildman–Crippen LogP) is 4.36. The third-order valence-electron chi connectivity index (χ3n) is 5.74. The molecule has 150 valence electrons. The first-order chi connectivity index (χ1) is 13.5. The molecule has 1 unspecified atom stereocenters. The van der Waals surface area contributed by atoms with Crippen LogP contribution in [-0.4, -0.2) is 24.9 Å². The van der Waals surface area contributed by atoms with Crippen molar-refractivity contribution in [3.05, 3.63) is 47.6 Å². The zero-order valence-electron chi connectivity index (χ0n) is 16.7. The number of hydrogen-bond donors (Lipinski definition) is 1. The molecule has 0 radical (unpaired) electrons. The van der Waals surface area contributed by atoms with E-state index in [0.29, 0.717) is 35.5 Å². The van der Waals surface area contributed by atoms with Gasteiger partial charge in [-0.25, -0.2) is 0 Å². The summed E-state index contributed by atoms with van der Waals surface area (Å²) in [7, 11) is 1.60. The van der Waals surface area contributed by atoms with Crippen LogP contribution in [-0.2, 0) is 4.79 Å². The van der Waals surface area contributed by atoms with Crippen LogP contribution in [0.2, 0.25) is 0 Å². The summed E-state index contributed by atoms with van der Waals surface area (Å²) in [4.78, 5) is 24.9. The fraction of sp³-hybridized carbons (Fsp3) is 0.478. The summed E-state index contributed by atoms with van der Waals surface area (Å²) in [6.07, 6.45) is 11.9. The van der Waals surface area contributed by atoms with Gasteiger partial charge in [0.05, 0.1) is 18.6 Å². The minimum Gasteiger partial charge on any atom is -0.493 e. The van der Waals surface area contributed by atoms with Crippen LogP contribution in [0.25, 0.3) is 0 Å². The van der Waals surface area contributed by atoms with E-state index in [-0.39, 0.29) is 17.8 Å². The van der Waals surface area contributed by atoms with Gasteiger partial charge < -0.3 is 15.2 Å². The SMILES string of the molecule is CCCC1(C(N)=O)C=CC(C(=O)c2ccc(OC)c(OC3CCCC3)c2)=CC1. The van der Waals surface area contributed by atoms with Crippen molar-refractivity contribution in [3.8, 4) is 11.5 Å². The second-order valence-electron chi connectivity index (χ2n) is 7.69. The Bertz CT molecular complexity index is 805. The largest absolute Gasteiger partial charge is 0.493 e. The number of ketones is 1. The molecule has 2 aliphatic carbocycles. The van der Waals surface area contributed by atoms with Gasteiger partial charge in [0.1, 0.15) is 0 Å². The topological polar surface area (TPSA) is 78.6 Å². The average molecular weight is 383 g/mol. The molecule has 0 saturated heterocycles. The van der Waals surface area contributed by atoms with Crippen LogP contribution in [0.3, 0.4) is 0 Å². The zero-order valence-corrected chi connectivity index (χ0v) is 16.7. The van der Waals surface area contributed by atoms with Crippen LogP contribution in [0.5, 0.6) is 11.5 Å². The van der Waals surface area contributed by atoms with Gasteiger partial charge in [0.2, 0.25) is 5.91 Å². The Morgan fingerprint density at radius 3 is 2.54 bits per heavy atom. The highest BCUT2D eigenvalue weighted by Crippen LogP contribution is 2.36. The maximum Gasteiger partial charge on any atom is 0.227 e. The first kappa shape index (κ1) is 20.2. The molecule has 0 heterocycles. The van der Waals surface area contributed by atoms with Crippen LogP contribution in [0.4, 0.5) is 0 Å². The molecule has 0 aliphatic heterocycles. The van der Waals surface area contributed by atoms with Crippen LogP contribution in [0.1, 0.15) is 62.2 Å². The molecule has 5 heteroatoms. The van der Waals surface area contributed by atoms with Gasteiger partial charge in [0.15, 0.2) is 17.3 Å². The van der Waals surface area contributed by atoms with Gasteiger partial charge in [-0.15, -0.1) is 0 Å². The molecular formula is C23H29NO4. The Balaban J connectivity index is 1.80. The number of nitrogens with two attached hydrogens (primary N) is 1. The highest BCUT2D eigenvalue weighted by atomic mass is 16.5. The van der Waals surface area contributed by atoms with Gasteiger partial charge in [-0.3, -0.25) is 9.59 Å². The van der Waals surface area contributed by atoms with E-state index in [1.807, 2.05) is 13.0 Å². The fourth-order valence-electron chi connectivity index (χ4n) is 4.05. The first-order valence-corrected chi connectivity index (χ1v) is 10.1. The monoisotopic (exact) mass is 383 g/mol. The number of primary amides is 1. The molecule has 1 fully saturated rings. The number of benzene rings is 1.